The van der Waals surface area contributed by atoms with Crippen molar-refractivity contribution in [1.82, 2.24) is 24.5 Å². The van der Waals surface area contributed by atoms with Crippen molar-refractivity contribution in [1.29, 1.82) is 0 Å². The Balaban J connectivity index is 2.04. The fraction of sp³-hybridized carbons (Fsp3) is 0.333. The number of aryl methyl sites for hydroxylation is 1. The quantitative estimate of drug-likeness (QED) is 0.717. The molecule has 0 atom stereocenters. The summed E-state index contributed by atoms with van der Waals surface area (Å²) in [6, 6.07) is 5.64. The van der Waals surface area contributed by atoms with Gasteiger partial charge in [-0.3, -0.25) is 9.48 Å². The first-order valence-corrected chi connectivity index (χ1v) is 8.32. The minimum absolute atomic E-state index is 0.0821. The monoisotopic (exact) mass is 338 g/mol. The van der Waals surface area contributed by atoms with Gasteiger partial charge in [-0.05, 0) is 25.0 Å². The van der Waals surface area contributed by atoms with E-state index in [0.717, 1.165) is 11.4 Å². The molecule has 0 spiro atoms. The molecule has 7 nitrogen and oxygen atoms in total. The van der Waals surface area contributed by atoms with Gasteiger partial charge in [-0.1, -0.05) is 19.9 Å². The van der Waals surface area contributed by atoms with Crippen molar-refractivity contribution in [3.63, 3.8) is 0 Å². The molecule has 1 amide bonds. The molecule has 0 saturated carbocycles. The lowest BCUT2D eigenvalue weighted by atomic mass is 10.0. The molecule has 0 aliphatic rings. The van der Waals surface area contributed by atoms with E-state index in [1.165, 1.54) is 0 Å². The molecule has 0 N–H and O–H groups in total. The van der Waals surface area contributed by atoms with Gasteiger partial charge in [0.05, 0.1) is 29.3 Å². The van der Waals surface area contributed by atoms with Gasteiger partial charge in [-0.25, -0.2) is 9.67 Å². The molecule has 3 heterocycles. The summed E-state index contributed by atoms with van der Waals surface area (Å²) in [5, 5.41) is 8.59. The van der Waals surface area contributed by atoms with Gasteiger partial charge in [-0.2, -0.15) is 10.2 Å². The molecule has 0 aliphatic carbocycles. The molecule has 7 heteroatoms. The standard InChI is InChI=1S/C18H22N6O/c1-5-23(14-10-20-22(4)12-14)18(25)15-11-21-24(17(15)13(2)3)16-8-6-7-9-19-16/h6-13H,5H2,1-4H3. The number of nitrogens with zero attached hydrogens (tertiary/aromatic N) is 6. The minimum atomic E-state index is -0.0821. The molecule has 0 saturated heterocycles. The van der Waals surface area contributed by atoms with Crippen LogP contribution in [0.1, 0.15) is 42.7 Å². The third-order valence-electron chi connectivity index (χ3n) is 4.01. The lowest BCUT2D eigenvalue weighted by Gasteiger charge is -2.20. The van der Waals surface area contributed by atoms with Crippen molar-refractivity contribution in [3.05, 3.63) is 54.2 Å². The normalized spacial score (nSPS) is 11.1. The van der Waals surface area contributed by atoms with E-state index >= 15 is 0 Å². The first-order valence-electron chi connectivity index (χ1n) is 8.32. The smallest absolute Gasteiger partial charge is 0.261 e. The van der Waals surface area contributed by atoms with Crippen LogP contribution in [0, 0.1) is 0 Å². The van der Waals surface area contributed by atoms with Gasteiger partial charge < -0.3 is 4.90 Å². The second-order valence-corrected chi connectivity index (χ2v) is 6.12. The number of hydrogen-bond acceptors (Lipinski definition) is 4. The van der Waals surface area contributed by atoms with Crippen LogP contribution in [-0.4, -0.2) is 37.0 Å². The summed E-state index contributed by atoms with van der Waals surface area (Å²) in [6.07, 6.45) is 6.88. The molecule has 130 valence electrons. The molecule has 3 aromatic rings. The first-order chi connectivity index (χ1) is 12.0. The number of anilines is 1. The van der Waals surface area contributed by atoms with E-state index in [1.807, 2.05) is 52.2 Å². The molecule has 25 heavy (non-hydrogen) atoms. The van der Waals surface area contributed by atoms with Gasteiger partial charge in [-0.15, -0.1) is 0 Å². The zero-order valence-electron chi connectivity index (χ0n) is 14.9. The van der Waals surface area contributed by atoms with Gasteiger partial charge in [0.2, 0.25) is 0 Å². The molecule has 0 aromatic carbocycles. The van der Waals surface area contributed by atoms with Crippen LogP contribution in [0.2, 0.25) is 0 Å². The molecule has 3 rings (SSSR count). The molecule has 0 aliphatic heterocycles. The van der Waals surface area contributed by atoms with Crippen LogP contribution >= 0.6 is 0 Å². The highest BCUT2D eigenvalue weighted by Gasteiger charge is 2.26. The average molecular weight is 338 g/mol. The second-order valence-electron chi connectivity index (χ2n) is 6.12. The van der Waals surface area contributed by atoms with E-state index in [4.69, 9.17) is 0 Å². The maximum Gasteiger partial charge on any atom is 0.261 e. The molecule has 0 bridgehead atoms. The lowest BCUT2D eigenvalue weighted by molar-refractivity contribution is 0.0987. The number of rotatable bonds is 5. The number of amides is 1. The Hall–Kier alpha value is -2.96. The number of hydrogen-bond donors (Lipinski definition) is 0. The zero-order chi connectivity index (χ0) is 18.0. The highest BCUT2D eigenvalue weighted by atomic mass is 16.2. The average Bonchev–Trinajstić information content (AvgIpc) is 3.23. The number of carbonyl (C=O) groups is 1. The molecule has 0 unspecified atom stereocenters. The van der Waals surface area contributed by atoms with Crippen molar-refractivity contribution in [2.24, 2.45) is 7.05 Å². The fourth-order valence-electron chi connectivity index (χ4n) is 2.88. The Labute approximate surface area is 146 Å². The van der Waals surface area contributed by atoms with Gasteiger partial charge in [0.15, 0.2) is 5.82 Å². The van der Waals surface area contributed by atoms with Crippen LogP contribution in [0.15, 0.2) is 43.0 Å². The summed E-state index contributed by atoms with van der Waals surface area (Å²) in [5.74, 6) is 0.743. The third kappa shape index (κ3) is 3.17. The summed E-state index contributed by atoms with van der Waals surface area (Å²) in [7, 11) is 1.83. The molecule has 0 fully saturated rings. The van der Waals surface area contributed by atoms with Crippen molar-refractivity contribution in [2.75, 3.05) is 11.4 Å². The Morgan fingerprint density at radius 1 is 1.24 bits per heavy atom. The largest absolute Gasteiger partial charge is 0.306 e. The van der Waals surface area contributed by atoms with Crippen LogP contribution in [0.25, 0.3) is 5.82 Å². The van der Waals surface area contributed by atoms with Gasteiger partial charge >= 0.3 is 0 Å². The number of carbonyl (C=O) groups excluding carboxylic acids is 1. The highest BCUT2D eigenvalue weighted by Crippen LogP contribution is 2.25. The van der Waals surface area contributed by atoms with Crippen LogP contribution in [0.4, 0.5) is 5.69 Å². The molecular formula is C18H22N6O. The predicted molar refractivity (Wildman–Crippen MR) is 96.0 cm³/mol. The van der Waals surface area contributed by atoms with E-state index in [2.05, 4.69) is 15.2 Å². The highest BCUT2D eigenvalue weighted by molar-refractivity contribution is 6.06. The van der Waals surface area contributed by atoms with Crippen LogP contribution < -0.4 is 4.90 Å². The van der Waals surface area contributed by atoms with E-state index < -0.39 is 0 Å². The third-order valence-corrected chi connectivity index (χ3v) is 4.01. The summed E-state index contributed by atoms with van der Waals surface area (Å²) in [6.45, 7) is 6.60. The van der Waals surface area contributed by atoms with Crippen molar-refractivity contribution >= 4 is 11.6 Å². The maximum atomic E-state index is 13.2. The minimum Gasteiger partial charge on any atom is -0.306 e. The first kappa shape index (κ1) is 16.9. The molecule has 3 aromatic heterocycles. The Morgan fingerprint density at radius 2 is 2.04 bits per heavy atom. The van der Waals surface area contributed by atoms with E-state index in [1.54, 1.807) is 32.9 Å². The van der Waals surface area contributed by atoms with Gasteiger partial charge in [0.25, 0.3) is 5.91 Å². The SMILES string of the molecule is CCN(C(=O)c1cnn(-c2ccccn2)c1C(C)C)c1cnn(C)c1. The predicted octanol–water partition coefficient (Wildman–Crippen LogP) is 2.79. The topological polar surface area (TPSA) is 68.8 Å². The fourth-order valence-corrected chi connectivity index (χ4v) is 2.88. The van der Waals surface area contributed by atoms with Crippen molar-refractivity contribution in [3.8, 4) is 5.82 Å². The zero-order valence-corrected chi connectivity index (χ0v) is 14.9. The van der Waals surface area contributed by atoms with Gasteiger partial charge in [0, 0.05) is 26.0 Å². The van der Waals surface area contributed by atoms with Crippen LogP contribution in [0.5, 0.6) is 0 Å². The number of aromatic nitrogens is 5. The Morgan fingerprint density at radius 3 is 2.60 bits per heavy atom. The molecular weight excluding hydrogens is 316 g/mol. The van der Waals surface area contributed by atoms with E-state index in [-0.39, 0.29) is 11.8 Å². The summed E-state index contributed by atoms with van der Waals surface area (Å²) >= 11 is 0. The maximum absolute atomic E-state index is 13.2. The second kappa shape index (κ2) is 6.88. The van der Waals surface area contributed by atoms with E-state index in [0.29, 0.717) is 17.9 Å². The van der Waals surface area contributed by atoms with Gasteiger partial charge in [0.1, 0.15) is 0 Å². The van der Waals surface area contributed by atoms with Crippen LogP contribution in [0.3, 0.4) is 0 Å². The Bertz CT molecular complexity index is 865. The van der Waals surface area contributed by atoms with E-state index in [9.17, 15) is 4.79 Å². The summed E-state index contributed by atoms with van der Waals surface area (Å²) in [4.78, 5) is 19.2. The Kier molecular flexibility index (Phi) is 4.65. The van der Waals surface area contributed by atoms with Crippen LogP contribution in [-0.2, 0) is 7.05 Å². The lowest BCUT2D eigenvalue weighted by Crippen LogP contribution is -2.31. The summed E-state index contributed by atoms with van der Waals surface area (Å²) in [5.41, 5.74) is 2.22. The van der Waals surface area contributed by atoms with Crippen molar-refractivity contribution < 1.29 is 4.79 Å². The molecule has 0 radical (unpaired) electrons. The number of pyridine rings is 1. The van der Waals surface area contributed by atoms with Crippen molar-refractivity contribution in [2.45, 2.75) is 26.7 Å². The summed E-state index contributed by atoms with van der Waals surface area (Å²) < 4.78 is 3.43.